The Morgan fingerprint density at radius 3 is 2.45 bits per heavy atom. The molecule has 1 saturated heterocycles. The van der Waals surface area contributed by atoms with Gasteiger partial charge in [0.1, 0.15) is 18.6 Å². The standard InChI is InChI=1S/C30H36N2O10/c1-6-10-23(33)41-26-22(38-5)13-14-31-24(26)27(34)32-21-16-39-29(36)20(15-19-11-8-7-9-12-19)25(18(4)40-30(21)37)42-28(35)17(2)3/h7-9,11-14,17-18,20-21,25H,6,10,15-16H2,1-5H3,(H,32,34)/t18-,20+,21-,25?/m0/s1. The van der Waals surface area contributed by atoms with Crippen molar-refractivity contribution >= 4 is 29.8 Å². The summed E-state index contributed by atoms with van der Waals surface area (Å²) in [7, 11) is 1.33. The topological polar surface area (TPSA) is 156 Å². The molecule has 1 aromatic carbocycles. The van der Waals surface area contributed by atoms with Crippen LogP contribution in [0.4, 0.5) is 0 Å². The van der Waals surface area contributed by atoms with Crippen molar-refractivity contribution in [1.29, 1.82) is 0 Å². The van der Waals surface area contributed by atoms with Gasteiger partial charge in [-0.15, -0.1) is 0 Å². The number of amides is 1. The first-order chi connectivity index (χ1) is 20.0. The summed E-state index contributed by atoms with van der Waals surface area (Å²) in [4.78, 5) is 68.7. The number of carbonyl (C=O) groups excluding carboxylic acids is 5. The maximum Gasteiger partial charge on any atom is 0.332 e. The molecule has 3 rings (SSSR count). The number of rotatable bonds is 10. The molecule has 2 aromatic rings. The van der Waals surface area contributed by atoms with Crippen molar-refractivity contribution in [2.75, 3.05) is 13.7 Å². The van der Waals surface area contributed by atoms with Gasteiger partial charge in [0.2, 0.25) is 5.75 Å². The number of benzene rings is 1. The highest BCUT2D eigenvalue weighted by atomic mass is 16.6. The number of carbonyl (C=O) groups is 5. The highest BCUT2D eigenvalue weighted by molar-refractivity contribution is 5.99. The summed E-state index contributed by atoms with van der Waals surface area (Å²) < 4.78 is 27.3. The lowest BCUT2D eigenvalue weighted by Crippen LogP contribution is -2.47. The minimum absolute atomic E-state index is 0.0789. The molecule has 1 fully saturated rings. The average Bonchev–Trinajstić information content (AvgIpc) is 2.99. The van der Waals surface area contributed by atoms with Gasteiger partial charge in [0.05, 0.1) is 13.0 Å². The predicted octanol–water partition coefficient (Wildman–Crippen LogP) is 2.81. The van der Waals surface area contributed by atoms with E-state index in [1.54, 1.807) is 32.9 Å². The van der Waals surface area contributed by atoms with Crippen molar-refractivity contribution in [3.05, 3.63) is 53.9 Å². The predicted molar refractivity (Wildman–Crippen MR) is 147 cm³/mol. The molecule has 0 aliphatic carbocycles. The highest BCUT2D eigenvalue weighted by Gasteiger charge is 2.42. The molecule has 42 heavy (non-hydrogen) atoms. The zero-order chi connectivity index (χ0) is 30.8. The fourth-order valence-corrected chi connectivity index (χ4v) is 4.20. The van der Waals surface area contributed by atoms with Gasteiger partial charge >= 0.3 is 23.9 Å². The number of hydrogen-bond acceptors (Lipinski definition) is 11. The molecule has 12 heteroatoms. The van der Waals surface area contributed by atoms with Crippen LogP contribution in [0.1, 0.15) is 56.6 Å². The van der Waals surface area contributed by atoms with Crippen molar-refractivity contribution < 1.29 is 47.7 Å². The fraction of sp³-hybridized carbons (Fsp3) is 0.467. The molecule has 1 amide bonds. The van der Waals surface area contributed by atoms with Gasteiger partial charge in [-0.2, -0.15) is 0 Å². The summed E-state index contributed by atoms with van der Waals surface area (Å²) in [5.74, 6) is -5.39. The fourth-order valence-electron chi connectivity index (χ4n) is 4.20. The Morgan fingerprint density at radius 2 is 1.81 bits per heavy atom. The number of pyridine rings is 1. The second kappa shape index (κ2) is 14.9. The van der Waals surface area contributed by atoms with Gasteiger partial charge in [0, 0.05) is 18.7 Å². The summed E-state index contributed by atoms with van der Waals surface area (Å²) in [5, 5.41) is 2.45. The van der Waals surface area contributed by atoms with Crippen LogP contribution in [0.25, 0.3) is 0 Å². The number of hydrogen-bond donors (Lipinski definition) is 1. The number of methoxy groups -OCH3 is 1. The van der Waals surface area contributed by atoms with Crippen LogP contribution in [0.2, 0.25) is 0 Å². The molecular formula is C30H36N2O10. The van der Waals surface area contributed by atoms with E-state index in [0.29, 0.717) is 6.42 Å². The highest BCUT2D eigenvalue weighted by Crippen LogP contribution is 2.30. The third-order valence-electron chi connectivity index (χ3n) is 6.44. The van der Waals surface area contributed by atoms with Gasteiger partial charge in [0.15, 0.2) is 23.6 Å². The minimum atomic E-state index is -1.45. The molecule has 1 aromatic heterocycles. The number of cyclic esters (lactones) is 2. The number of ether oxygens (including phenoxy) is 5. The van der Waals surface area contributed by atoms with Gasteiger partial charge in [-0.05, 0) is 25.3 Å². The maximum atomic E-state index is 13.4. The van der Waals surface area contributed by atoms with Gasteiger partial charge in [-0.3, -0.25) is 19.2 Å². The third kappa shape index (κ3) is 8.27. The molecule has 12 nitrogen and oxygen atoms in total. The molecule has 1 aliphatic rings. The lowest BCUT2D eigenvalue weighted by atomic mass is 9.91. The molecule has 0 bridgehead atoms. The Balaban J connectivity index is 1.89. The first kappa shape index (κ1) is 32.0. The third-order valence-corrected chi connectivity index (χ3v) is 6.44. The van der Waals surface area contributed by atoms with Gasteiger partial charge in [0.25, 0.3) is 5.91 Å². The first-order valence-electron chi connectivity index (χ1n) is 13.7. The van der Waals surface area contributed by atoms with E-state index in [-0.39, 0.29) is 30.0 Å². The van der Waals surface area contributed by atoms with Crippen LogP contribution in [-0.2, 0) is 39.8 Å². The number of nitrogens with zero attached hydrogens (tertiary/aromatic N) is 1. The smallest absolute Gasteiger partial charge is 0.332 e. The number of aromatic nitrogens is 1. The SMILES string of the molecule is CCCC(=O)Oc1c(OC)ccnc1C(=O)N[C@H]1COC(=O)[C@H](Cc2ccccc2)C(OC(=O)C(C)C)[C@H](C)OC1=O. The summed E-state index contributed by atoms with van der Waals surface area (Å²) in [6.07, 6.45) is -0.200. The Bertz CT molecular complexity index is 1280. The van der Waals surface area contributed by atoms with Gasteiger partial charge < -0.3 is 29.0 Å². The molecule has 1 N–H and O–H groups in total. The monoisotopic (exact) mass is 584 g/mol. The zero-order valence-electron chi connectivity index (χ0n) is 24.3. The Morgan fingerprint density at radius 1 is 1.10 bits per heavy atom. The molecule has 4 atom stereocenters. The molecule has 2 heterocycles. The second-order valence-electron chi connectivity index (χ2n) is 10.1. The number of esters is 4. The van der Waals surface area contributed by atoms with Gasteiger partial charge in [-0.25, -0.2) is 9.78 Å². The van der Waals surface area contributed by atoms with Crippen molar-refractivity contribution in [2.24, 2.45) is 11.8 Å². The molecular weight excluding hydrogens is 548 g/mol. The van der Waals surface area contributed by atoms with E-state index in [0.717, 1.165) is 5.56 Å². The quantitative estimate of drug-likeness (QED) is 0.324. The van der Waals surface area contributed by atoms with E-state index in [2.05, 4.69) is 10.3 Å². The molecule has 1 aliphatic heterocycles. The maximum absolute atomic E-state index is 13.4. The lowest BCUT2D eigenvalue weighted by Gasteiger charge is -2.29. The van der Waals surface area contributed by atoms with Crippen LogP contribution in [0.5, 0.6) is 11.5 Å². The molecule has 0 spiro atoms. The van der Waals surface area contributed by atoms with Crippen molar-refractivity contribution in [3.8, 4) is 11.5 Å². The van der Waals surface area contributed by atoms with E-state index >= 15 is 0 Å². The Hall–Kier alpha value is -4.48. The average molecular weight is 585 g/mol. The van der Waals surface area contributed by atoms with E-state index in [4.69, 9.17) is 23.7 Å². The lowest BCUT2D eigenvalue weighted by molar-refractivity contribution is -0.176. The van der Waals surface area contributed by atoms with Crippen LogP contribution < -0.4 is 14.8 Å². The van der Waals surface area contributed by atoms with E-state index in [1.807, 2.05) is 18.2 Å². The van der Waals surface area contributed by atoms with E-state index in [9.17, 15) is 24.0 Å². The van der Waals surface area contributed by atoms with Crippen molar-refractivity contribution in [3.63, 3.8) is 0 Å². The first-order valence-corrected chi connectivity index (χ1v) is 13.7. The largest absolute Gasteiger partial charge is 0.493 e. The van der Waals surface area contributed by atoms with Crippen LogP contribution >= 0.6 is 0 Å². The number of nitrogens with one attached hydrogen (secondary N) is 1. The van der Waals surface area contributed by atoms with Crippen LogP contribution in [0, 0.1) is 11.8 Å². The Kier molecular flexibility index (Phi) is 11.4. The van der Waals surface area contributed by atoms with Crippen molar-refractivity contribution in [2.45, 2.75) is 65.2 Å². The zero-order valence-corrected chi connectivity index (χ0v) is 24.3. The second-order valence-corrected chi connectivity index (χ2v) is 10.1. The van der Waals surface area contributed by atoms with Crippen molar-refractivity contribution in [1.82, 2.24) is 10.3 Å². The summed E-state index contributed by atoms with van der Waals surface area (Å²) in [5.41, 5.74) is 0.457. The van der Waals surface area contributed by atoms with Crippen LogP contribution in [-0.4, -0.2) is 66.7 Å². The molecule has 0 saturated carbocycles. The van der Waals surface area contributed by atoms with Crippen LogP contribution in [0.15, 0.2) is 42.6 Å². The summed E-state index contributed by atoms with van der Waals surface area (Å²) in [6, 6.07) is 9.02. The van der Waals surface area contributed by atoms with Gasteiger partial charge in [-0.1, -0.05) is 51.1 Å². The van der Waals surface area contributed by atoms with Crippen LogP contribution in [0.3, 0.4) is 0 Å². The van der Waals surface area contributed by atoms with E-state index < -0.39 is 66.5 Å². The normalized spacial score (nSPS) is 20.7. The molecule has 0 radical (unpaired) electrons. The summed E-state index contributed by atoms with van der Waals surface area (Å²) >= 11 is 0. The molecule has 226 valence electrons. The van der Waals surface area contributed by atoms with E-state index in [1.165, 1.54) is 26.3 Å². The molecule has 1 unspecified atom stereocenters. The summed E-state index contributed by atoms with van der Waals surface area (Å²) in [6.45, 7) is 6.01. The Labute approximate surface area is 244 Å². The minimum Gasteiger partial charge on any atom is -0.493 e.